The molecule has 66 valence electrons. The smallest absolute Gasteiger partial charge is 0.127 e. The fourth-order valence-corrected chi connectivity index (χ4v) is 1.88. The number of hydrogen-bond acceptors (Lipinski definition) is 4. The van der Waals surface area contributed by atoms with E-state index in [2.05, 4.69) is 16.9 Å². The third-order valence-electron chi connectivity index (χ3n) is 1.82. The van der Waals surface area contributed by atoms with Crippen molar-refractivity contribution in [1.82, 2.24) is 9.97 Å². The molecule has 13 heavy (non-hydrogen) atoms. The molecule has 2 N–H and O–H groups in total. The predicted octanol–water partition coefficient (Wildman–Crippen LogP) is 2.10. The number of nitrogens with two attached hydrogens (primary N) is 1. The van der Waals surface area contributed by atoms with Crippen LogP contribution in [0.1, 0.15) is 4.88 Å². The van der Waals surface area contributed by atoms with Gasteiger partial charge in [-0.3, -0.25) is 0 Å². The maximum Gasteiger partial charge on any atom is 0.127 e. The number of hydrogen-bond donors (Lipinski definition) is 1. The Bertz CT molecular complexity index is 422. The zero-order valence-electron chi connectivity index (χ0n) is 7.19. The second-order valence-corrected chi connectivity index (χ2v) is 3.84. The number of rotatable bonds is 1. The molecular weight excluding hydrogens is 182 g/mol. The summed E-state index contributed by atoms with van der Waals surface area (Å²) < 4.78 is 0. The Hall–Kier alpha value is -1.42. The van der Waals surface area contributed by atoms with Gasteiger partial charge in [0.1, 0.15) is 12.1 Å². The molecule has 2 rings (SSSR count). The van der Waals surface area contributed by atoms with Crippen molar-refractivity contribution in [2.24, 2.45) is 0 Å². The topological polar surface area (TPSA) is 51.8 Å². The van der Waals surface area contributed by atoms with Crippen molar-refractivity contribution in [2.75, 3.05) is 5.73 Å². The summed E-state index contributed by atoms with van der Waals surface area (Å²) in [6.07, 6.45) is 1.49. The highest BCUT2D eigenvalue weighted by atomic mass is 32.1. The lowest BCUT2D eigenvalue weighted by molar-refractivity contribution is 1.18. The fraction of sp³-hybridized carbons (Fsp3) is 0.111. The number of thiophene rings is 1. The lowest BCUT2D eigenvalue weighted by Gasteiger charge is -1.98. The van der Waals surface area contributed by atoms with E-state index >= 15 is 0 Å². The largest absolute Gasteiger partial charge is 0.384 e. The van der Waals surface area contributed by atoms with Gasteiger partial charge in [-0.15, -0.1) is 11.3 Å². The van der Waals surface area contributed by atoms with Crippen LogP contribution in [0.15, 0.2) is 23.8 Å². The molecule has 2 aromatic rings. The van der Waals surface area contributed by atoms with Crippen LogP contribution in [-0.4, -0.2) is 9.97 Å². The minimum absolute atomic E-state index is 0.510. The third-order valence-corrected chi connectivity index (χ3v) is 2.67. The minimum atomic E-state index is 0.510. The van der Waals surface area contributed by atoms with E-state index in [-0.39, 0.29) is 0 Å². The third kappa shape index (κ3) is 1.53. The predicted molar refractivity (Wildman–Crippen MR) is 54.5 cm³/mol. The maximum atomic E-state index is 5.57. The first-order valence-corrected chi connectivity index (χ1v) is 4.77. The molecule has 0 bridgehead atoms. The first-order chi connectivity index (χ1) is 6.27. The van der Waals surface area contributed by atoms with E-state index in [0.29, 0.717) is 5.82 Å². The lowest BCUT2D eigenvalue weighted by Crippen LogP contribution is -1.92. The van der Waals surface area contributed by atoms with Crippen molar-refractivity contribution in [3.05, 3.63) is 28.7 Å². The van der Waals surface area contributed by atoms with Crippen molar-refractivity contribution in [3.8, 4) is 11.3 Å². The summed E-state index contributed by atoms with van der Waals surface area (Å²) in [4.78, 5) is 9.26. The van der Waals surface area contributed by atoms with Crippen molar-refractivity contribution in [2.45, 2.75) is 6.92 Å². The molecule has 0 saturated heterocycles. The van der Waals surface area contributed by atoms with Gasteiger partial charge in [0.05, 0.1) is 5.69 Å². The Morgan fingerprint density at radius 1 is 1.38 bits per heavy atom. The Balaban J connectivity index is 2.53. The Morgan fingerprint density at radius 3 is 2.85 bits per heavy atom. The van der Waals surface area contributed by atoms with Crippen LogP contribution in [0.25, 0.3) is 11.3 Å². The fourth-order valence-electron chi connectivity index (χ4n) is 1.17. The van der Waals surface area contributed by atoms with Crippen LogP contribution in [0.4, 0.5) is 5.82 Å². The number of aromatic nitrogens is 2. The first kappa shape index (κ1) is 8.19. The number of nitrogen functional groups attached to an aromatic ring is 1. The second kappa shape index (κ2) is 3.14. The first-order valence-electron chi connectivity index (χ1n) is 3.89. The van der Waals surface area contributed by atoms with Crippen molar-refractivity contribution in [3.63, 3.8) is 0 Å². The average molecular weight is 191 g/mol. The molecular formula is C9H9N3S. The van der Waals surface area contributed by atoms with Crippen LogP contribution >= 0.6 is 11.3 Å². The maximum absolute atomic E-state index is 5.57. The Kier molecular flexibility index (Phi) is 1.98. The quantitative estimate of drug-likeness (QED) is 0.751. The van der Waals surface area contributed by atoms with Gasteiger partial charge in [0.15, 0.2) is 0 Å². The molecule has 0 aliphatic heterocycles. The van der Waals surface area contributed by atoms with Crippen LogP contribution < -0.4 is 5.73 Å². The molecule has 4 heteroatoms. The molecule has 0 atom stereocenters. The summed E-state index contributed by atoms with van der Waals surface area (Å²) in [7, 11) is 0. The molecule has 0 aliphatic carbocycles. The van der Waals surface area contributed by atoms with Gasteiger partial charge in [-0.05, 0) is 18.4 Å². The molecule has 0 spiro atoms. The number of nitrogens with zero attached hydrogens (tertiary/aromatic N) is 2. The molecule has 2 aromatic heterocycles. The van der Waals surface area contributed by atoms with Crippen molar-refractivity contribution in [1.29, 1.82) is 0 Å². The summed E-state index contributed by atoms with van der Waals surface area (Å²) in [5.74, 6) is 0.510. The molecule has 0 amide bonds. The highest BCUT2D eigenvalue weighted by molar-refractivity contribution is 7.10. The number of anilines is 1. The zero-order valence-corrected chi connectivity index (χ0v) is 8.01. The van der Waals surface area contributed by atoms with E-state index in [1.807, 2.05) is 11.4 Å². The average Bonchev–Trinajstić information content (AvgIpc) is 2.51. The van der Waals surface area contributed by atoms with Gasteiger partial charge in [0, 0.05) is 16.5 Å². The standard InChI is InChI=1S/C9H9N3S/c1-6-7(2-3-13-6)8-4-9(10)12-5-11-8/h2-5H,1H3,(H2,10,11,12). The van der Waals surface area contributed by atoms with Crippen LogP contribution in [-0.2, 0) is 0 Å². The van der Waals surface area contributed by atoms with E-state index in [4.69, 9.17) is 5.73 Å². The van der Waals surface area contributed by atoms with Crippen LogP contribution in [0.3, 0.4) is 0 Å². The van der Waals surface area contributed by atoms with Gasteiger partial charge in [-0.25, -0.2) is 9.97 Å². The van der Waals surface area contributed by atoms with Gasteiger partial charge in [0.2, 0.25) is 0 Å². The van der Waals surface area contributed by atoms with Crippen LogP contribution in [0.2, 0.25) is 0 Å². The van der Waals surface area contributed by atoms with Gasteiger partial charge in [0.25, 0.3) is 0 Å². The van der Waals surface area contributed by atoms with E-state index in [0.717, 1.165) is 11.3 Å². The van der Waals surface area contributed by atoms with E-state index in [1.165, 1.54) is 11.2 Å². The summed E-state index contributed by atoms with van der Waals surface area (Å²) >= 11 is 1.70. The van der Waals surface area contributed by atoms with Crippen molar-refractivity contribution >= 4 is 17.2 Å². The van der Waals surface area contributed by atoms with E-state index in [9.17, 15) is 0 Å². The summed E-state index contributed by atoms with van der Waals surface area (Å²) in [5, 5.41) is 2.04. The normalized spacial score (nSPS) is 10.2. The van der Waals surface area contributed by atoms with Gasteiger partial charge < -0.3 is 5.73 Å². The minimum Gasteiger partial charge on any atom is -0.384 e. The van der Waals surface area contributed by atoms with Gasteiger partial charge in [-0.2, -0.15) is 0 Å². The van der Waals surface area contributed by atoms with Gasteiger partial charge >= 0.3 is 0 Å². The molecule has 0 aliphatic rings. The monoisotopic (exact) mass is 191 g/mol. The van der Waals surface area contributed by atoms with Gasteiger partial charge in [-0.1, -0.05) is 0 Å². The summed E-state index contributed by atoms with van der Waals surface area (Å²) in [5.41, 5.74) is 7.60. The highest BCUT2D eigenvalue weighted by Gasteiger charge is 2.04. The molecule has 0 saturated carbocycles. The zero-order chi connectivity index (χ0) is 9.26. The lowest BCUT2D eigenvalue weighted by atomic mass is 10.2. The van der Waals surface area contributed by atoms with E-state index < -0.39 is 0 Å². The van der Waals surface area contributed by atoms with E-state index in [1.54, 1.807) is 17.4 Å². The Labute approximate surface area is 80.3 Å². The summed E-state index contributed by atoms with van der Waals surface area (Å²) in [6, 6.07) is 3.83. The molecule has 3 nitrogen and oxygen atoms in total. The molecule has 0 aromatic carbocycles. The molecule has 0 unspecified atom stereocenters. The summed E-state index contributed by atoms with van der Waals surface area (Å²) in [6.45, 7) is 2.07. The van der Waals surface area contributed by atoms with Crippen molar-refractivity contribution < 1.29 is 0 Å². The molecule has 0 fully saturated rings. The van der Waals surface area contributed by atoms with Crippen LogP contribution in [0, 0.1) is 6.92 Å². The Morgan fingerprint density at radius 2 is 2.23 bits per heavy atom. The second-order valence-electron chi connectivity index (χ2n) is 2.72. The van der Waals surface area contributed by atoms with Crippen LogP contribution in [0.5, 0.6) is 0 Å². The molecule has 2 heterocycles. The SMILES string of the molecule is Cc1sccc1-c1cc(N)ncn1. The number of aryl methyl sites for hydroxylation is 1. The highest BCUT2D eigenvalue weighted by Crippen LogP contribution is 2.25. The molecule has 0 radical (unpaired) electrons.